The van der Waals surface area contributed by atoms with Crippen LogP contribution in [0.2, 0.25) is 0 Å². The van der Waals surface area contributed by atoms with Crippen molar-refractivity contribution < 1.29 is 28.8 Å². The van der Waals surface area contributed by atoms with Gasteiger partial charge in [0.25, 0.3) is 17.2 Å². The molecule has 0 aliphatic rings. The van der Waals surface area contributed by atoms with Gasteiger partial charge in [-0.05, 0) is 60.1 Å². The highest BCUT2D eigenvalue weighted by Gasteiger charge is 2.30. The number of hydrogen-bond donors (Lipinski definition) is 3. The number of hydrogen-bond acceptors (Lipinski definition) is 13. The molecule has 0 aliphatic heterocycles. The first kappa shape index (κ1) is 36.0. The Bertz CT molecular complexity index is 1740. The summed E-state index contributed by atoms with van der Waals surface area (Å²) in [6.45, 7) is 10.0. The molecule has 17 nitrogen and oxygen atoms in total. The van der Waals surface area contributed by atoms with Crippen LogP contribution in [0.3, 0.4) is 0 Å². The van der Waals surface area contributed by atoms with E-state index in [9.17, 15) is 29.3 Å². The van der Waals surface area contributed by atoms with E-state index >= 15 is 0 Å². The number of carbonyl (C=O) groups excluding carboxylic acids is 3. The van der Waals surface area contributed by atoms with E-state index in [-0.39, 0.29) is 47.7 Å². The van der Waals surface area contributed by atoms with Crippen molar-refractivity contribution in [2.75, 3.05) is 19.4 Å². The van der Waals surface area contributed by atoms with Crippen molar-refractivity contribution in [1.29, 1.82) is 0 Å². The summed E-state index contributed by atoms with van der Waals surface area (Å²) in [7, 11) is 3.52. The maximum absolute atomic E-state index is 13.2. The minimum absolute atomic E-state index is 0.0164. The molecule has 0 fully saturated rings. The smallest absolute Gasteiger partial charge is 0.329 e. The van der Waals surface area contributed by atoms with Gasteiger partial charge in [-0.2, -0.15) is 4.98 Å². The number of rotatable bonds is 12. The molecule has 1 unspecified atom stereocenters. The van der Waals surface area contributed by atoms with Crippen LogP contribution in [-0.2, 0) is 25.6 Å². The number of carbonyl (C=O) groups is 3. The fourth-order valence-corrected chi connectivity index (χ4v) is 3.95. The Morgan fingerprint density at radius 2 is 1.79 bits per heavy atom. The number of amides is 1. The Balaban J connectivity index is 1.78. The Morgan fingerprint density at radius 1 is 1.11 bits per heavy atom. The van der Waals surface area contributed by atoms with Crippen molar-refractivity contribution in [3.63, 3.8) is 0 Å². The van der Waals surface area contributed by atoms with Crippen molar-refractivity contribution >= 4 is 52.7 Å². The number of aromatic amines is 1. The van der Waals surface area contributed by atoms with Gasteiger partial charge in [-0.15, -0.1) is 0 Å². The Morgan fingerprint density at radius 3 is 2.40 bits per heavy atom. The van der Waals surface area contributed by atoms with Crippen LogP contribution in [0.1, 0.15) is 70.4 Å². The molecule has 1 amide bonds. The van der Waals surface area contributed by atoms with Gasteiger partial charge in [0.2, 0.25) is 5.95 Å². The van der Waals surface area contributed by atoms with Crippen molar-refractivity contribution in [3.8, 4) is 0 Å². The summed E-state index contributed by atoms with van der Waals surface area (Å²) < 4.78 is 10.7. The number of aliphatic imine (C=N–C) groups is 1. The molecule has 17 heteroatoms. The SMILES string of the molecule is CN(C)C=Nc1nc2ncc(CNc3ccc(C(=O)NC(CCC(=O)OC(C)(C)C)C(=O)OC(C)(C)C)c([N+](=O)[O-])c3)nc2c(=O)[nH]1. The molecular weight excluding hydrogens is 614 g/mol. The highest BCUT2D eigenvalue weighted by molar-refractivity contribution is 6.00. The summed E-state index contributed by atoms with van der Waals surface area (Å²) in [5, 5.41) is 17.4. The maximum Gasteiger partial charge on any atom is 0.329 e. The van der Waals surface area contributed by atoms with Gasteiger partial charge in [0.05, 0.1) is 29.7 Å². The highest BCUT2D eigenvalue weighted by Crippen LogP contribution is 2.24. The standard InChI is InChI=1S/C30H39N9O8/c1-29(2,3)46-22(40)12-11-20(27(43)47-30(4,5)6)35-25(41)19-10-9-17(13-21(19)39(44)45)31-14-18-15-32-24-23(34-18)26(42)37-28(36-24)33-16-38(7)8/h9-10,13,15-16,20,31H,11-12,14H2,1-8H3,(H,35,41)(H,32,36,37,42). The van der Waals surface area contributed by atoms with Gasteiger partial charge in [-0.25, -0.2) is 19.8 Å². The predicted molar refractivity (Wildman–Crippen MR) is 172 cm³/mol. The van der Waals surface area contributed by atoms with Crippen LogP contribution in [0.5, 0.6) is 0 Å². The van der Waals surface area contributed by atoms with Gasteiger partial charge >= 0.3 is 11.9 Å². The molecule has 3 rings (SSSR count). The Kier molecular flexibility index (Phi) is 11.3. The molecular formula is C30H39N9O8. The van der Waals surface area contributed by atoms with Crippen LogP contribution < -0.4 is 16.2 Å². The van der Waals surface area contributed by atoms with E-state index < -0.39 is 51.3 Å². The van der Waals surface area contributed by atoms with Crippen molar-refractivity contribution in [1.82, 2.24) is 30.2 Å². The summed E-state index contributed by atoms with van der Waals surface area (Å²) in [5.74, 6) is -2.24. The lowest BCUT2D eigenvalue weighted by molar-refractivity contribution is -0.385. The molecule has 2 heterocycles. The molecule has 0 saturated carbocycles. The summed E-state index contributed by atoms with van der Waals surface area (Å²) in [6.07, 6.45) is 2.50. The average molecular weight is 654 g/mol. The van der Waals surface area contributed by atoms with Crippen LogP contribution in [-0.4, -0.2) is 85.3 Å². The first-order chi connectivity index (χ1) is 21.8. The minimum atomic E-state index is -1.29. The van der Waals surface area contributed by atoms with E-state index in [0.29, 0.717) is 5.69 Å². The number of H-pyrrole nitrogens is 1. The summed E-state index contributed by atoms with van der Waals surface area (Å²) in [6, 6.07) is 2.53. The molecule has 252 valence electrons. The zero-order valence-electron chi connectivity index (χ0n) is 27.5. The second-order valence-electron chi connectivity index (χ2n) is 12.7. The van der Waals surface area contributed by atoms with Crippen molar-refractivity contribution in [2.45, 2.75) is 78.2 Å². The molecule has 3 aromatic rings. The largest absolute Gasteiger partial charge is 0.460 e. The van der Waals surface area contributed by atoms with Gasteiger partial charge in [0.1, 0.15) is 22.8 Å². The average Bonchev–Trinajstić information content (AvgIpc) is 2.95. The predicted octanol–water partition coefficient (Wildman–Crippen LogP) is 3.02. The van der Waals surface area contributed by atoms with Crippen LogP contribution in [0.25, 0.3) is 11.2 Å². The lowest BCUT2D eigenvalue weighted by Crippen LogP contribution is -2.44. The van der Waals surface area contributed by atoms with E-state index in [1.807, 2.05) is 0 Å². The minimum Gasteiger partial charge on any atom is -0.460 e. The molecule has 0 saturated heterocycles. The number of esters is 2. The summed E-state index contributed by atoms with van der Waals surface area (Å²) in [5.41, 5.74) is -2.37. The zero-order chi connectivity index (χ0) is 35.1. The fourth-order valence-electron chi connectivity index (χ4n) is 3.95. The number of fused-ring (bicyclic) bond motifs is 1. The maximum atomic E-state index is 13.2. The van der Waals surface area contributed by atoms with E-state index in [1.165, 1.54) is 24.7 Å². The number of nitrogens with one attached hydrogen (secondary N) is 3. The summed E-state index contributed by atoms with van der Waals surface area (Å²) in [4.78, 5) is 83.1. The lowest BCUT2D eigenvalue weighted by Gasteiger charge is -2.25. The third kappa shape index (κ3) is 11.1. The monoisotopic (exact) mass is 653 g/mol. The number of nitro benzene ring substituents is 1. The van der Waals surface area contributed by atoms with Gasteiger partial charge < -0.3 is 25.0 Å². The third-order valence-electron chi connectivity index (χ3n) is 5.83. The van der Waals surface area contributed by atoms with Gasteiger partial charge in [-0.1, -0.05) is 0 Å². The second-order valence-corrected chi connectivity index (χ2v) is 12.7. The number of anilines is 1. The van der Waals surface area contributed by atoms with E-state index in [1.54, 1.807) is 60.5 Å². The van der Waals surface area contributed by atoms with Crippen LogP contribution in [0.4, 0.5) is 17.3 Å². The van der Waals surface area contributed by atoms with E-state index in [2.05, 4.69) is 35.6 Å². The fraction of sp³-hybridized carbons (Fsp3) is 0.467. The molecule has 1 atom stereocenters. The first-order valence-corrected chi connectivity index (χ1v) is 14.6. The van der Waals surface area contributed by atoms with Crippen LogP contribution in [0, 0.1) is 10.1 Å². The van der Waals surface area contributed by atoms with Crippen molar-refractivity contribution in [3.05, 3.63) is 56.1 Å². The number of benzene rings is 1. The van der Waals surface area contributed by atoms with Gasteiger partial charge in [0, 0.05) is 32.3 Å². The number of ether oxygens (including phenoxy) is 2. The van der Waals surface area contributed by atoms with Crippen LogP contribution in [0.15, 0.2) is 34.2 Å². The molecule has 3 N–H and O–H groups in total. The number of nitro groups is 1. The Hall–Kier alpha value is -5.48. The number of aromatic nitrogens is 4. The molecule has 2 aromatic heterocycles. The molecule has 1 aromatic carbocycles. The number of nitrogens with zero attached hydrogens (tertiary/aromatic N) is 6. The molecule has 0 bridgehead atoms. The second kappa shape index (κ2) is 14.7. The van der Waals surface area contributed by atoms with Crippen LogP contribution >= 0.6 is 0 Å². The topological polar surface area (TPSA) is 224 Å². The first-order valence-electron chi connectivity index (χ1n) is 14.6. The highest BCUT2D eigenvalue weighted by atomic mass is 16.6. The molecule has 0 spiro atoms. The molecule has 0 radical (unpaired) electrons. The zero-order valence-corrected chi connectivity index (χ0v) is 27.5. The van der Waals surface area contributed by atoms with Gasteiger partial charge in [0.15, 0.2) is 11.2 Å². The summed E-state index contributed by atoms with van der Waals surface area (Å²) >= 11 is 0. The molecule has 0 aliphatic carbocycles. The Labute approximate surface area is 270 Å². The molecule has 47 heavy (non-hydrogen) atoms. The lowest BCUT2D eigenvalue weighted by atomic mass is 10.1. The quantitative estimate of drug-likeness (QED) is 0.0841. The normalized spacial score (nSPS) is 12.4. The van der Waals surface area contributed by atoms with Gasteiger partial charge in [-0.3, -0.25) is 29.5 Å². The van der Waals surface area contributed by atoms with E-state index in [0.717, 1.165) is 6.07 Å². The van der Waals surface area contributed by atoms with E-state index in [4.69, 9.17) is 9.47 Å². The third-order valence-corrected chi connectivity index (χ3v) is 5.83. The van der Waals surface area contributed by atoms with Crippen molar-refractivity contribution in [2.24, 2.45) is 4.99 Å².